The van der Waals surface area contributed by atoms with Gasteiger partial charge < -0.3 is 5.11 Å². The summed E-state index contributed by atoms with van der Waals surface area (Å²) in [5, 5.41) is 9.05. The Labute approximate surface area is 127 Å². The maximum atomic E-state index is 13.8. The van der Waals surface area contributed by atoms with Crippen LogP contribution in [0.4, 0.5) is 4.39 Å². The Balaban J connectivity index is 2.31. The average molecular weight is 333 g/mol. The lowest BCUT2D eigenvalue weighted by Gasteiger charge is -2.19. The number of hydrogen-bond acceptors (Lipinski definition) is 4. The Morgan fingerprint density at radius 2 is 2.14 bits per heavy atom. The smallest absolute Gasteiger partial charge is 0.335 e. The lowest BCUT2D eigenvalue weighted by molar-refractivity contribution is 0.0696. The molecule has 5 nitrogen and oxygen atoms in total. The third kappa shape index (κ3) is 3.56. The van der Waals surface area contributed by atoms with E-state index in [2.05, 4.69) is 4.72 Å². The van der Waals surface area contributed by atoms with Crippen molar-refractivity contribution in [3.8, 4) is 0 Å². The Bertz CT molecular complexity index is 648. The third-order valence-electron chi connectivity index (χ3n) is 3.53. The first-order chi connectivity index (χ1) is 9.85. The second-order valence-corrected chi connectivity index (χ2v) is 7.64. The van der Waals surface area contributed by atoms with Crippen molar-refractivity contribution in [2.45, 2.75) is 35.4 Å². The summed E-state index contributed by atoms with van der Waals surface area (Å²) in [4.78, 5) is 10.3. The highest BCUT2D eigenvalue weighted by molar-refractivity contribution is 7.99. The highest BCUT2D eigenvalue weighted by Gasteiger charge is 2.32. The van der Waals surface area contributed by atoms with E-state index < -0.39 is 26.7 Å². The zero-order valence-electron chi connectivity index (χ0n) is 11.4. The van der Waals surface area contributed by atoms with Crippen LogP contribution < -0.4 is 4.72 Å². The summed E-state index contributed by atoms with van der Waals surface area (Å²) < 4.78 is 40.8. The van der Waals surface area contributed by atoms with E-state index in [1.54, 1.807) is 11.8 Å². The molecule has 8 heteroatoms. The predicted molar refractivity (Wildman–Crippen MR) is 78.6 cm³/mol. The van der Waals surface area contributed by atoms with E-state index in [-0.39, 0.29) is 16.9 Å². The van der Waals surface area contributed by atoms with Crippen molar-refractivity contribution in [2.24, 2.45) is 0 Å². The number of thioether (sulfide) groups is 1. The Morgan fingerprint density at radius 1 is 1.43 bits per heavy atom. The quantitative estimate of drug-likeness (QED) is 0.862. The van der Waals surface area contributed by atoms with E-state index >= 15 is 0 Å². The molecule has 0 aliphatic heterocycles. The van der Waals surface area contributed by atoms with Crippen molar-refractivity contribution in [3.63, 3.8) is 0 Å². The van der Waals surface area contributed by atoms with Crippen LogP contribution in [0.3, 0.4) is 0 Å². The summed E-state index contributed by atoms with van der Waals surface area (Å²) in [6.07, 6.45) is 4.43. The predicted octanol–water partition coefficient (Wildman–Crippen LogP) is 2.09. The van der Waals surface area contributed by atoms with Crippen LogP contribution in [0.5, 0.6) is 0 Å². The molecule has 0 saturated heterocycles. The lowest BCUT2D eigenvalue weighted by Crippen LogP contribution is -2.39. The number of carboxylic acids is 1. The van der Waals surface area contributed by atoms with E-state index in [1.165, 1.54) is 0 Å². The molecular formula is C13H16FNO4S2. The molecule has 2 rings (SSSR count). The minimum absolute atomic E-state index is 0.158. The maximum absolute atomic E-state index is 13.8. The third-order valence-corrected chi connectivity index (χ3v) is 6.20. The van der Waals surface area contributed by atoms with Crippen LogP contribution in [0.25, 0.3) is 0 Å². The molecule has 1 aliphatic rings. The van der Waals surface area contributed by atoms with Gasteiger partial charge in [-0.05, 0) is 37.3 Å². The van der Waals surface area contributed by atoms with Crippen molar-refractivity contribution in [1.29, 1.82) is 0 Å². The van der Waals surface area contributed by atoms with Crippen LogP contribution in [-0.4, -0.2) is 37.0 Å². The minimum Gasteiger partial charge on any atom is -0.478 e. The summed E-state index contributed by atoms with van der Waals surface area (Å²) in [7, 11) is -4.08. The Kier molecular flexibility index (Phi) is 4.90. The summed E-state index contributed by atoms with van der Waals surface area (Å²) in [6, 6.07) is 2.50. The first-order valence-electron chi connectivity index (χ1n) is 6.43. The van der Waals surface area contributed by atoms with Gasteiger partial charge in [0.25, 0.3) is 0 Å². The largest absolute Gasteiger partial charge is 0.478 e. The average Bonchev–Trinajstić information content (AvgIpc) is 2.85. The van der Waals surface area contributed by atoms with E-state index in [0.717, 1.165) is 31.0 Å². The molecular weight excluding hydrogens is 317 g/mol. The summed E-state index contributed by atoms with van der Waals surface area (Å²) >= 11 is 1.57. The van der Waals surface area contributed by atoms with Crippen molar-refractivity contribution in [1.82, 2.24) is 4.72 Å². The molecule has 1 aromatic carbocycles. The second kappa shape index (κ2) is 6.33. The monoisotopic (exact) mass is 333 g/mol. The van der Waals surface area contributed by atoms with Gasteiger partial charge in [-0.1, -0.05) is 6.42 Å². The second-order valence-electron chi connectivity index (χ2n) is 4.88. The van der Waals surface area contributed by atoms with E-state index in [1.807, 2.05) is 6.26 Å². The summed E-state index contributed by atoms with van der Waals surface area (Å²) in [5.74, 6) is -2.25. The summed E-state index contributed by atoms with van der Waals surface area (Å²) in [6.45, 7) is 0. The molecule has 2 N–H and O–H groups in total. The summed E-state index contributed by atoms with van der Waals surface area (Å²) in [5.41, 5.74) is -0.260. The molecule has 0 heterocycles. The van der Waals surface area contributed by atoms with Gasteiger partial charge in [-0.15, -0.1) is 0 Å². The zero-order valence-corrected chi connectivity index (χ0v) is 13.0. The fourth-order valence-corrected chi connectivity index (χ4v) is 4.88. The Morgan fingerprint density at radius 3 is 2.76 bits per heavy atom. The van der Waals surface area contributed by atoms with E-state index in [9.17, 15) is 17.6 Å². The highest BCUT2D eigenvalue weighted by Crippen LogP contribution is 2.30. The van der Waals surface area contributed by atoms with Gasteiger partial charge in [-0.2, -0.15) is 11.8 Å². The fraction of sp³-hybridized carbons (Fsp3) is 0.462. The van der Waals surface area contributed by atoms with Crippen LogP contribution in [0, 0.1) is 5.82 Å². The van der Waals surface area contributed by atoms with Crippen molar-refractivity contribution >= 4 is 27.8 Å². The van der Waals surface area contributed by atoms with Gasteiger partial charge in [0.05, 0.1) is 5.56 Å². The first-order valence-corrected chi connectivity index (χ1v) is 9.20. The number of sulfonamides is 1. The van der Waals surface area contributed by atoms with Crippen molar-refractivity contribution in [2.75, 3.05) is 6.26 Å². The number of aromatic carboxylic acids is 1. The SMILES string of the molecule is CSC1CCCC1NS(=O)(=O)c1cc(C(=O)O)ccc1F. The normalized spacial score (nSPS) is 22.4. The molecule has 2 unspecified atom stereocenters. The van der Waals surface area contributed by atoms with Gasteiger partial charge in [0.1, 0.15) is 10.7 Å². The minimum atomic E-state index is -4.08. The number of carboxylic acid groups (broad SMARTS) is 1. The van der Waals surface area contributed by atoms with Gasteiger partial charge in [-0.3, -0.25) is 0 Å². The number of benzene rings is 1. The number of halogens is 1. The molecule has 0 bridgehead atoms. The van der Waals surface area contributed by atoms with Crippen LogP contribution in [0.15, 0.2) is 23.1 Å². The number of carbonyl (C=O) groups is 1. The molecule has 0 radical (unpaired) electrons. The van der Waals surface area contributed by atoms with Gasteiger partial charge >= 0.3 is 5.97 Å². The molecule has 0 aromatic heterocycles. The standard InChI is InChI=1S/C13H16FNO4S2/c1-20-11-4-2-3-10(11)15-21(18,19)12-7-8(13(16)17)5-6-9(12)14/h5-7,10-11,15H,2-4H2,1H3,(H,16,17). The highest BCUT2D eigenvalue weighted by atomic mass is 32.2. The number of nitrogens with one attached hydrogen (secondary N) is 1. The van der Waals surface area contributed by atoms with Crippen LogP contribution in [0.1, 0.15) is 29.6 Å². The molecule has 1 saturated carbocycles. The lowest BCUT2D eigenvalue weighted by atomic mass is 10.2. The van der Waals surface area contributed by atoms with Gasteiger partial charge in [0.15, 0.2) is 0 Å². The van der Waals surface area contributed by atoms with Crippen molar-refractivity contribution < 1.29 is 22.7 Å². The van der Waals surface area contributed by atoms with Crippen molar-refractivity contribution in [3.05, 3.63) is 29.6 Å². The van der Waals surface area contributed by atoms with Crippen LogP contribution in [-0.2, 0) is 10.0 Å². The molecule has 116 valence electrons. The van der Waals surface area contributed by atoms with E-state index in [0.29, 0.717) is 6.42 Å². The van der Waals surface area contributed by atoms with Crippen LogP contribution in [0.2, 0.25) is 0 Å². The molecule has 2 atom stereocenters. The topological polar surface area (TPSA) is 83.5 Å². The molecule has 1 fully saturated rings. The molecule has 1 aliphatic carbocycles. The zero-order chi connectivity index (χ0) is 15.6. The maximum Gasteiger partial charge on any atom is 0.335 e. The molecule has 0 amide bonds. The molecule has 21 heavy (non-hydrogen) atoms. The van der Waals surface area contributed by atoms with Gasteiger partial charge in [-0.25, -0.2) is 22.3 Å². The van der Waals surface area contributed by atoms with Gasteiger partial charge in [0.2, 0.25) is 10.0 Å². The number of rotatable bonds is 5. The van der Waals surface area contributed by atoms with E-state index in [4.69, 9.17) is 5.11 Å². The fourth-order valence-electron chi connectivity index (χ4n) is 2.45. The molecule has 1 aromatic rings. The first kappa shape index (κ1) is 16.3. The number of hydrogen-bond donors (Lipinski definition) is 2. The molecule has 0 spiro atoms. The van der Waals surface area contributed by atoms with Crippen LogP contribution >= 0.6 is 11.8 Å². The Hall–Kier alpha value is -1.12. The van der Waals surface area contributed by atoms with Gasteiger partial charge in [0, 0.05) is 11.3 Å².